The number of para-hydroxylation sites is 1. The van der Waals surface area contributed by atoms with Crippen LogP contribution in [0.3, 0.4) is 0 Å². The molecular weight excluding hydrogens is 404 g/mol. The Hall–Kier alpha value is -3.34. The summed E-state index contributed by atoms with van der Waals surface area (Å²) in [6, 6.07) is 11.2. The molecule has 3 rings (SSSR count). The molecule has 2 aromatic carbocycles. The molecule has 1 heterocycles. The first-order valence-corrected chi connectivity index (χ1v) is 10.6. The van der Waals surface area contributed by atoms with Gasteiger partial charge in [-0.25, -0.2) is 4.79 Å². The Balaban J connectivity index is 1.80. The van der Waals surface area contributed by atoms with Crippen molar-refractivity contribution in [1.29, 1.82) is 0 Å². The molecule has 0 unspecified atom stereocenters. The van der Waals surface area contributed by atoms with Gasteiger partial charge in [0, 0.05) is 5.39 Å². The van der Waals surface area contributed by atoms with E-state index in [2.05, 4.69) is 0 Å². The molecule has 32 heavy (non-hydrogen) atoms. The van der Waals surface area contributed by atoms with E-state index in [-0.39, 0.29) is 5.78 Å². The van der Waals surface area contributed by atoms with E-state index < -0.39 is 17.2 Å². The van der Waals surface area contributed by atoms with Crippen LogP contribution in [0.5, 0.6) is 5.75 Å². The highest BCUT2D eigenvalue weighted by molar-refractivity contribution is 6.13. The largest absolute Gasteiger partial charge is 0.476 e. The standard InChI is InChI=1S/C27H30O5/c1-17-15-19(11-12-22(28)21-10-8-9-20-13-14-30-24(20)21)16-18(2)23(17)31-27(6,7)25(29)32-26(3,4)5/h8-16H,1-7H3. The molecule has 0 amide bonds. The number of carbonyl (C=O) groups is 2. The third-order valence-electron chi connectivity index (χ3n) is 4.90. The number of benzene rings is 2. The number of esters is 1. The molecule has 0 atom stereocenters. The van der Waals surface area contributed by atoms with Crippen molar-refractivity contribution in [2.75, 3.05) is 0 Å². The van der Waals surface area contributed by atoms with Gasteiger partial charge in [-0.2, -0.15) is 0 Å². The van der Waals surface area contributed by atoms with E-state index in [9.17, 15) is 9.59 Å². The molecule has 0 fully saturated rings. The van der Waals surface area contributed by atoms with Crippen LogP contribution in [-0.4, -0.2) is 23.0 Å². The molecule has 0 radical (unpaired) electrons. The topological polar surface area (TPSA) is 65.7 Å². The van der Waals surface area contributed by atoms with E-state index >= 15 is 0 Å². The predicted octanol–water partition coefficient (Wildman–Crippen LogP) is 6.44. The van der Waals surface area contributed by atoms with E-state index in [0.29, 0.717) is 16.9 Å². The number of aryl methyl sites for hydroxylation is 2. The van der Waals surface area contributed by atoms with Crippen LogP contribution < -0.4 is 4.74 Å². The van der Waals surface area contributed by atoms with Gasteiger partial charge in [0.25, 0.3) is 0 Å². The second-order valence-electron chi connectivity index (χ2n) is 9.44. The molecule has 5 heteroatoms. The number of hydrogen-bond acceptors (Lipinski definition) is 5. The normalized spacial score (nSPS) is 12.3. The van der Waals surface area contributed by atoms with Gasteiger partial charge < -0.3 is 13.9 Å². The van der Waals surface area contributed by atoms with Crippen LogP contribution in [0.4, 0.5) is 0 Å². The third kappa shape index (κ3) is 5.28. The Labute approximate surface area is 189 Å². The maximum Gasteiger partial charge on any atom is 0.350 e. The molecule has 0 spiro atoms. The van der Waals surface area contributed by atoms with Crippen molar-refractivity contribution in [2.24, 2.45) is 0 Å². The summed E-state index contributed by atoms with van der Waals surface area (Å²) in [5.41, 5.74) is 1.96. The molecule has 0 aliphatic heterocycles. The first-order valence-electron chi connectivity index (χ1n) is 10.6. The summed E-state index contributed by atoms with van der Waals surface area (Å²) in [5.74, 6) is 0.0717. The number of hydrogen-bond donors (Lipinski definition) is 0. The first kappa shape index (κ1) is 23.3. The van der Waals surface area contributed by atoms with E-state index in [0.717, 1.165) is 22.1 Å². The van der Waals surface area contributed by atoms with Crippen molar-refractivity contribution in [2.45, 2.75) is 59.7 Å². The molecule has 168 valence electrons. The molecule has 0 saturated heterocycles. The van der Waals surface area contributed by atoms with Crippen LogP contribution in [-0.2, 0) is 9.53 Å². The monoisotopic (exact) mass is 434 g/mol. The fourth-order valence-corrected chi connectivity index (χ4v) is 3.39. The molecule has 0 saturated carbocycles. The number of rotatable bonds is 6. The summed E-state index contributed by atoms with van der Waals surface area (Å²) in [6.07, 6.45) is 4.89. The summed E-state index contributed by atoms with van der Waals surface area (Å²) in [7, 11) is 0. The van der Waals surface area contributed by atoms with Crippen LogP contribution in [0, 0.1) is 13.8 Å². The third-order valence-corrected chi connectivity index (χ3v) is 4.90. The maximum atomic E-state index is 12.7. The Morgan fingerprint density at radius 2 is 1.62 bits per heavy atom. The van der Waals surface area contributed by atoms with Gasteiger partial charge in [-0.1, -0.05) is 18.2 Å². The van der Waals surface area contributed by atoms with Crippen LogP contribution in [0.25, 0.3) is 17.0 Å². The van der Waals surface area contributed by atoms with E-state index in [1.54, 1.807) is 32.3 Å². The molecule has 5 nitrogen and oxygen atoms in total. The fraction of sp³-hybridized carbons (Fsp3) is 0.333. The predicted molar refractivity (Wildman–Crippen MR) is 126 cm³/mol. The number of ether oxygens (including phenoxy) is 2. The lowest BCUT2D eigenvalue weighted by molar-refractivity contribution is -0.171. The van der Waals surface area contributed by atoms with E-state index in [1.165, 1.54) is 6.08 Å². The Kier molecular flexibility index (Phi) is 6.31. The summed E-state index contributed by atoms with van der Waals surface area (Å²) in [5, 5.41) is 0.894. The quantitative estimate of drug-likeness (QED) is 0.254. The highest BCUT2D eigenvalue weighted by Gasteiger charge is 2.35. The van der Waals surface area contributed by atoms with E-state index in [1.807, 2.05) is 65.0 Å². The second kappa shape index (κ2) is 8.65. The lowest BCUT2D eigenvalue weighted by Gasteiger charge is -2.30. The number of ketones is 1. The van der Waals surface area contributed by atoms with Gasteiger partial charge in [0.2, 0.25) is 0 Å². The molecule has 3 aromatic rings. The zero-order valence-corrected chi connectivity index (χ0v) is 19.7. The van der Waals surface area contributed by atoms with E-state index in [4.69, 9.17) is 13.9 Å². The highest BCUT2D eigenvalue weighted by atomic mass is 16.6. The zero-order chi connectivity index (χ0) is 23.7. The number of carbonyl (C=O) groups excluding carboxylic acids is 2. The Bertz CT molecular complexity index is 1170. The second-order valence-corrected chi connectivity index (χ2v) is 9.44. The first-order chi connectivity index (χ1) is 14.9. The molecule has 0 N–H and O–H groups in total. The smallest absolute Gasteiger partial charge is 0.350 e. The van der Waals surface area contributed by atoms with Crippen LogP contribution in [0.2, 0.25) is 0 Å². The summed E-state index contributed by atoms with van der Waals surface area (Å²) >= 11 is 0. The summed E-state index contributed by atoms with van der Waals surface area (Å²) in [4.78, 5) is 25.3. The molecule has 1 aromatic heterocycles. The van der Waals surface area contributed by atoms with Gasteiger partial charge in [-0.05, 0) is 95.5 Å². The van der Waals surface area contributed by atoms with Crippen molar-refractivity contribution < 1.29 is 23.5 Å². The van der Waals surface area contributed by atoms with Crippen molar-refractivity contribution in [3.63, 3.8) is 0 Å². The van der Waals surface area contributed by atoms with Gasteiger partial charge in [0.1, 0.15) is 16.9 Å². The van der Waals surface area contributed by atoms with Crippen molar-refractivity contribution in [3.05, 3.63) is 71.0 Å². The summed E-state index contributed by atoms with van der Waals surface area (Å²) < 4.78 is 17.0. The molecule has 0 bridgehead atoms. The van der Waals surface area contributed by atoms with Gasteiger partial charge in [-0.15, -0.1) is 0 Å². The van der Waals surface area contributed by atoms with Crippen LogP contribution in [0.15, 0.2) is 53.2 Å². The Morgan fingerprint density at radius 3 is 2.25 bits per heavy atom. The van der Waals surface area contributed by atoms with Gasteiger partial charge in [-0.3, -0.25) is 4.79 Å². The van der Waals surface area contributed by atoms with Gasteiger partial charge in [0.15, 0.2) is 11.4 Å². The maximum absolute atomic E-state index is 12.7. The lowest BCUT2D eigenvalue weighted by atomic mass is 10.0. The fourth-order valence-electron chi connectivity index (χ4n) is 3.39. The highest BCUT2D eigenvalue weighted by Crippen LogP contribution is 2.30. The average molecular weight is 435 g/mol. The molecule has 0 aliphatic carbocycles. The lowest BCUT2D eigenvalue weighted by Crippen LogP contribution is -2.43. The van der Waals surface area contributed by atoms with Crippen LogP contribution >= 0.6 is 0 Å². The van der Waals surface area contributed by atoms with Gasteiger partial charge in [0.05, 0.1) is 11.8 Å². The van der Waals surface area contributed by atoms with Crippen molar-refractivity contribution in [3.8, 4) is 5.75 Å². The minimum absolute atomic E-state index is 0.132. The van der Waals surface area contributed by atoms with Crippen molar-refractivity contribution >= 4 is 28.8 Å². The molecular formula is C27H30O5. The van der Waals surface area contributed by atoms with Crippen molar-refractivity contribution in [1.82, 2.24) is 0 Å². The number of allylic oxidation sites excluding steroid dienone is 1. The van der Waals surface area contributed by atoms with Gasteiger partial charge >= 0.3 is 5.97 Å². The Morgan fingerprint density at radius 1 is 0.969 bits per heavy atom. The number of fused-ring (bicyclic) bond motifs is 1. The molecule has 0 aliphatic rings. The SMILES string of the molecule is Cc1cc(C=CC(=O)c2cccc3ccoc23)cc(C)c1OC(C)(C)C(=O)OC(C)(C)C. The van der Waals surface area contributed by atoms with Crippen LogP contribution in [0.1, 0.15) is 61.7 Å². The zero-order valence-electron chi connectivity index (χ0n) is 19.7. The minimum Gasteiger partial charge on any atom is -0.476 e. The number of furan rings is 1. The average Bonchev–Trinajstić information content (AvgIpc) is 3.16. The summed E-state index contributed by atoms with van der Waals surface area (Å²) in [6.45, 7) is 12.7. The minimum atomic E-state index is -1.14.